The van der Waals surface area contributed by atoms with E-state index < -0.39 is 10.0 Å². The molecule has 1 aromatic heterocycles. The Morgan fingerprint density at radius 2 is 2.00 bits per heavy atom. The van der Waals surface area contributed by atoms with Gasteiger partial charge >= 0.3 is 0 Å². The van der Waals surface area contributed by atoms with Gasteiger partial charge in [-0.25, -0.2) is 8.42 Å². The molecule has 0 aliphatic rings. The van der Waals surface area contributed by atoms with Crippen LogP contribution in [0.5, 0.6) is 0 Å². The molecule has 0 saturated heterocycles. The Hall–Kier alpha value is -1.37. The number of thiophene rings is 1. The Labute approximate surface area is 123 Å². The molecule has 0 spiro atoms. The third-order valence-corrected chi connectivity index (χ3v) is 6.38. The standard InChI is InChI=1S/C14H17NO3S2/c1-3-15(13-7-5-4-6-11(13)2)20(17,18)14-8-12(9-16)10-19-14/h4-8,10,16H,3,9H2,1-2H3. The van der Waals surface area contributed by atoms with Crippen molar-refractivity contribution < 1.29 is 13.5 Å². The smallest absolute Gasteiger partial charge is 0.273 e. The minimum absolute atomic E-state index is 0.150. The number of aliphatic hydroxyl groups is 1. The lowest BCUT2D eigenvalue weighted by molar-refractivity contribution is 0.282. The number of anilines is 1. The van der Waals surface area contributed by atoms with Gasteiger partial charge in [0.05, 0.1) is 12.3 Å². The molecular weight excluding hydrogens is 294 g/mol. The lowest BCUT2D eigenvalue weighted by atomic mass is 10.2. The normalized spacial score (nSPS) is 11.6. The van der Waals surface area contributed by atoms with E-state index >= 15 is 0 Å². The average molecular weight is 311 g/mol. The molecule has 4 nitrogen and oxygen atoms in total. The molecule has 0 fully saturated rings. The quantitative estimate of drug-likeness (QED) is 0.923. The summed E-state index contributed by atoms with van der Waals surface area (Å²) in [5.41, 5.74) is 2.22. The van der Waals surface area contributed by atoms with Gasteiger partial charge in [0.2, 0.25) is 0 Å². The molecule has 0 bridgehead atoms. The summed E-state index contributed by atoms with van der Waals surface area (Å²) in [4.78, 5) is 0. The van der Waals surface area contributed by atoms with Gasteiger partial charge in [-0.05, 0) is 42.5 Å². The number of aliphatic hydroxyl groups excluding tert-OH is 1. The minimum atomic E-state index is -3.58. The van der Waals surface area contributed by atoms with Gasteiger partial charge in [0, 0.05) is 6.54 Å². The van der Waals surface area contributed by atoms with Crippen LogP contribution in [-0.2, 0) is 16.6 Å². The lowest BCUT2D eigenvalue weighted by Gasteiger charge is -2.23. The zero-order valence-corrected chi connectivity index (χ0v) is 13.0. The monoisotopic (exact) mass is 311 g/mol. The fourth-order valence-electron chi connectivity index (χ4n) is 1.99. The predicted molar refractivity (Wildman–Crippen MR) is 81.6 cm³/mol. The van der Waals surface area contributed by atoms with Gasteiger partial charge in [-0.3, -0.25) is 4.31 Å². The van der Waals surface area contributed by atoms with Crippen molar-refractivity contribution in [2.45, 2.75) is 24.7 Å². The molecule has 2 rings (SSSR count). The van der Waals surface area contributed by atoms with Crippen LogP contribution in [-0.4, -0.2) is 20.1 Å². The molecule has 0 aliphatic heterocycles. The summed E-state index contributed by atoms with van der Waals surface area (Å²) in [5.74, 6) is 0. The van der Waals surface area contributed by atoms with Crippen molar-refractivity contribution in [2.75, 3.05) is 10.8 Å². The molecule has 1 N–H and O–H groups in total. The van der Waals surface area contributed by atoms with Crippen LogP contribution in [0.2, 0.25) is 0 Å². The Bertz CT molecular complexity index is 692. The molecule has 108 valence electrons. The second-order valence-corrected chi connectivity index (χ2v) is 7.39. The molecule has 0 amide bonds. The van der Waals surface area contributed by atoms with Gasteiger partial charge in [-0.1, -0.05) is 18.2 Å². The highest BCUT2D eigenvalue weighted by molar-refractivity contribution is 7.94. The zero-order valence-electron chi connectivity index (χ0n) is 11.4. The van der Waals surface area contributed by atoms with Crippen molar-refractivity contribution >= 4 is 27.0 Å². The van der Waals surface area contributed by atoms with Crippen LogP contribution < -0.4 is 4.31 Å². The van der Waals surface area contributed by atoms with Gasteiger partial charge in [0.15, 0.2) is 0 Å². The van der Waals surface area contributed by atoms with Crippen molar-refractivity contribution in [1.82, 2.24) is 0 Å². The average Bonchev–Trinajstić information content (AvgIpc) is 2.91. The molecule has 1 aromatic carbocycles. The number of sulfonamides is 1. The summed E-state index contributed by atoms with van der Waals surface area (Å²) < 4.78 is 27.1. The Kier molecular flexibility index (Phi) is 4.47. The van der Waals surface area contributed by atoms with Crippen LogP contribution in [0.4, 0.5) is 5.69 Å². The maximum Gasteiger partial charge on any atom is 0.273 e. The molecule has 1 heterocycles. The van der Waals surface area contributed by atoms with Gasteiger partial charge in [-0.2, -0.15) is 0 Å². The van der Waals surface area contributed by atoms with Gasteiger partial charge in [0.1, 0.15) is 4.21 Å². The van der Waals surface area contributed by atoms with E-state index in [2.05, 4.69) is 0 Å². The van der Waals surface area contributed by atoms with Crippen LogP contribution in [0, 0.1) is 6.92 Å². The van der Waals surface area contributed by atoms with E-state index in [0.29, 0.717) is 17.8 Å². The van der Waals surface area contributed by atoms with E-state index in [1.54, 1.807) is 11.4 Å². The molecule has 6 heteroatoms. The fraction of sp³-hybridized carbons (Fsp3) is 0.286. The van der Waals surface area contributed by atoms with Crippen molar-refractivity contribution in [2.24, 2.45) is 0 Å². The van der Waals surface area contributed by atoms with Crippen LogP contribution in [0.3, 0.4) is 0 Å². The Morgan fingerprint density at radius 1 is 1.30 bits per heavy atom. The molecule has 0 radical (unpaired) electrons. The molecule has 0 atom stereocenters. The first-order chi connectivity index (χ1) is 9.50. The van der Waals surface area contributed by atoms with Crippen LogP contribution in [0.1, 0.15) is 18.1 Å². The predicted octanol–water partition coefficient (Wildman–Crippen LogP) is 2.76. The first-order valence-corrected chi connectivity index (χ1v) is 8.59. The number of aryl methyl sites for hydroxylation is 1. The fourth-order valence-corrected chi connectivity index (χ4v) is 4.84. The van der Waals surface area contributed by atoms with E-state index in [-0.39, 0.29) is 10.8 Å². The van der Waals surface area contributed by atoms with Gasteiger partial charge in [0.25, 0.3) is 10.0 Å². The summed E-state index contributed by atoms with van der Waals surface area (Å²) in [6.45, 7) is 3.91. The highest BCUT2D eigenvalue weighted by Gasteiger charge is 2.26. The molecule has 0 aliphatic carbocycles. The number of hydrogen-bond acceptors (Lipinski definition) is 4. The number of rotatable bonds is 5. The maximum atomic E-state index is 12.7. The maximum absolute atomic E-state index is 12.7. The van der Waals surface area contributed by atoms with Crippen molar-refractivity contribution in [3.63, 3.8) is 0 Å². The van der Waals surface area contributed by atoms with Crippen LogP contribution >= 0.6 is 11.3 Å². The number of hydrogen-bond donors (Lipinski definition) is 1. The lowest BCUT2D eigenvalue weighted by Crippen LogP contribution is -2.30. The summed E-state index contributed by atoms with van der Waals surface area (Å²) in [6.07, 6.45) is 0. The van der Waals surface area contributed by atoms with Crippen LogP contribution in [0.25, 0.3) is 0 Å². The van der Waals surface area contributed by atoms with Crippen LogP contribution in [0.15, 0.2) is 39.9 Å². The highest BCUT2D eigenvalue weighted by Crippen LogP contribution is 2.29. The number of para-hydroxylation sites is 1. The third-order valence-electron chi connectivity index (χ3n) is 3.03. The van der Waals surface area contributed by atoms with E-state index in [0.717, 1.165) is 16.9 Å². The topological polar surface area (TPSA) is 57.6 Å². The number of nitrogens with zero attached hydrogens (tertiary/aromatic N) is 1. The van der Waals surface area contributed by atoms with Gasteiger partial charge in [-0.15, -0.1) is 11.3 Å². The highest BCUT2D eigenvalue weighted by atomic mass is 32.2. The number of benzene rings is 1. The van der Waals surface area contributed by atoms with E-state index in [1.807, 2.05) is 32.0 Å². The first-order valence-electron chi connectivity index (χ1n) is 6.27. The second kappa shape index (κ2) is 5.95. The molecular formula is C14H17NO3S2. The van der Waals surface area contributed by atoms with Gasteiger partial charge < -0.3 is 5.11 Å². The molecule has 0 unspecified atom stereocenters. The Morgan fingerprint density at radius 3 is 2.55 bits per heavy atom. The summed E-state index contributed by atoms with van der Waals surface area (Å²) in [6, 6.07) is 8.93. The Balaban J connectivity index is 2.48. The van der Waals surface area contributed by atoms with E-state index in [1.165, 1.54) is 10.4 Å². The SMILES string of the molecule is CCN(c1ccccc1C)S(=O)(=O)c1cc(CO)cs1. The van der Waals surface area contributed by atoms with Crippen molar-refractivity contribution in [3.8, 4) is 0 Å². The van der Waals surface area contributed by atoms with Crippen molar-refractivity contribution in [1.29, 1.82) is 0 Å². The summed E-state index contributed by atoms with van der Waals surface area (Å²) >= 11 is 1.14. The third kappa shape index (κ3) is 2.72. The molecule has 0 saturated carbocycles. The van der Waals surface area contributed by atoms with E-state index in [4.69, 9.17) is 5.11 Å². The zero-order chi connectivity index (χ0) is 14.8. The minimum Gasteiger partial charge on any atom is -0.392 e. The molecule has 20 heavy (non-hydrogen) atoms. The first kappa shape index (κ1) is 15.0. The second-order valence-electron chi connectivity index (χ2n) is 4.39. The summed E-state index contributed by atoms with van der Waals surface area (Å²) in [5, 5.41) is 10.7. The summed E-state index contributed by atoms with van der Waals surface area (Å²) in [7, 11) is -3.58. The van der Waals surface area contributed by atoms with Crippen molar-refractivity contribution in [3.05, 3.63) is 46.8 Å². The van der Waals surface area contributed by atoms with E-state index in [9.17, 15) is 8.42 Å². The molecule has 2 aromatic rings. The largest absolute Gasteiger partial charge is 0.392 e.